The molecule has 0 saturated carbocycles. The highest BCUT2D eigenvalue weighted by molar-refractivity contribution is 5.46. The maximum absolute atomic E-state index is 9.05. The molecule has 2 nitrogen and oxygen atoms in total. The molecule has 2 rings (SSSR count). The van der Waals surface area contributed by atoms with Gasteiger partial charge in [-0.15, -0.1) is 0 Å². The van der Waals surface area contributed by atoms with E-state index in [4.69, 9.17) is 5.11 Å². The molecule has 0 aliphatic rings. The van der Waals surface area contributed by atoms with Crippen molar-refractivity contribution in [1.82, 2.24) is 0 Å². The smallest absolute Gasteiger partial charge is 0.0682 e. The second kappa shape index (κ2) is 5.51. The second-order valence-electron chi connectivity index (χ2n) is 4.20. The fourth-order valence-corrected chi connectivity index (χ4v) is 1.69. The minimum Gasteiger partial charge on any atom is -0.392 e. The van der Waals surface area contributed by atoms with E-state index in [1.807, 2.05) is 24.3 Å². The quantitative estimate of drug-likeness (QED) is 0.841. The minimum atomic E-state index is 0.0834. The average Bonchev–Trinajstić information content (AvgIpc) is 2.38. The van der Waals surface area contributed by atoms with Gasteiger partial charge in [0, 0.05) is 12.2 Å². The number of aryl methyl sites for hydroxylation is 1. The van der Waals surface area contributed by atoms with Crippen molar-refractivity contribution in [3.8, 4) is 0 Å². The number of benzene rings is 2. The molecule has 2 aromatic carbocycles. The van der Waals surface area contributed by atoms with Crippen LogP contribution in [0.25, 0.3) is 0 Å². The number of aliphatic hydroxyl groups excluding tert-OH is 1. The molecule has 2 heteroatoms. The third kappa shape index (κ3) is 3.33. The normalized spacial score (nSPS) is 10.2. The summed E-state index contributed by atoms with van der Waals surface area (Å²) in [6.45, 7) is 2.97. The molecule has 0 heterocycles. The van der Waals surface area contributed by atoms with E-state index in [-0.39, 0.29) is 6.61 Å². The lowest BCUT2D eigenvalue weighted by atomic mass is 10.1. The van der Waals surface area contributed by atoms with E-state index < -0.39 is 0 Å². The molecule has 0 unspecified atom stereocenters. The second-order valence-corrected chi connectivity index (χ2v) is 4.20. The Bertz CT molecular complexity index is 477. The van der Waals surface area contributed by atoms with Crippen molar-refractivity contribution in [1.29, 1.82) is 0 Å². The van der Waals surface area contributed by atoms with Crippen molar-refractivity contribution in [2.75, 3.05) is 5.32 Å². The zero-order valence-corrected chi connectivity index (χ0v) is 9.98. The number of hydrogen-bond donors (Lipinski definition) is 2. The highest BCUT2D eigenvalue weighted by Gasteiger charge is 1.95. The van der Waals surface area contributed by atoms with Crippen molar-refractivity contribution in [3.05, 3.63) is 65.2 Å². The summed E-state index contributed by atoms with van der Waals surface area (Å²) in [5.41, 5.74) is 4.50. The van der Waals surface area contributed by atoms with Crippen LogP contribution in [0.5, 0.6) is 0 Å². The summed E-state index contributed by atoms with van der Waals surface area (Å²) in [6.07, 6.45) is 0. The predicted molar refractivity (Wildman–Crippen MR) is 70.9 cm³/mol. The number of aliphatic hydroxyl groups is 1. The van der Waals surface area contributed by atoms with E-state index in [2.05, 4.69) is 36.5 Å². The molecule has 0 fully saturated rings. The molecule has 0 aliphatic heterocycles. The Balaban J connectivity index is 1.99. The van der Waals surface area contributed by atoms with E-state index in [0.717, 1.165) is 17.8 Å². The first-order chi connectivity index (χ1) is 8.28. The van der Waals surface area contributed by atoms with Crippen LogP contribution in [0.2, 0.25) is 0 Å². The van der Waals surface area contributed by atoms with Crippen LogP contribution in [0.15, 0.2) is 48.5 Å². The Morgan fingerprint density at radius 3 is 2.47 bits per heavy atom. The Hall–Kier alpha value is -1.80. The summed E-state index contributed by atoms with van der Waals surface area (Å²) in [5.74, 6) is 0. The molecule has 0 atom stereocenters. The van der Waals surface area contributed by atoms with Gasteiger partial charge in [0.1, 0.15) is 0 Å². The highest BCUT2D eigenvalue weighted by atomic mass is 16.3. The van der Waals surface area contributed by atoms with Crippen LogP contribution in [0, 0.1) is 6.92 Å². The lowest BCUT2D eigenvalue weighted by Crippen LogP contribution is -1.99. The first-order valence-corrected chi connectivity index (χ1v) is 5.77. The maximum Gasteiger partial charge on any atom is 0.0682 e. The fraction of sp³-hybridized carbons (Fsp3) is 0.200. The minimum absolute atomic E-state index is 0.0834. The number of hydrogen-bond acceptors (Lipinski definition) is 2. The van der Waals surface area contributed by atoms with Crippen molar-refractivity contribution in [2.45, 2.75) is 20.1 Å². The largest absolute Gasteiger partial charge is 0.392 e. The molecule has 0 saturated heterocycles. The monoisotopic (exact) mass is 227 g/mol. The average molecular weight is 227 g/mol. The van der Waals surface area contributed by atoms with E-state index in [9.17, 15) is 0 Å². The van der Waals surface area contributed by atoms with Crippen LogP contribution < -0.4 is 5.32 Å². The zero-order valence-electron chi connectivity index (χ0n) is 9.98. The number of anilines is 1. The molecule has 0 radical (unpaired) electrons. The van der Waals surface area contributed by atoms with Crippen molar-refractivity contribution in [3.63, 3.8) is 0 Å². The number of nitrogens with one attached hydrogen (secondary N) is 1. The summed E-state index contributed by atoms with van der Waals surface area (Å²) in [6, 6.07) is 16.3. The van der Waals surface area contributed by atoms with Gasteiger partial charge in [0.2, 0.25) is 0 Å². The van der Waals surface area contributed by atoms with Gasteiger partial charge >= 0.3 is 0 Å². The Morgan fingerprint density at radius 1 is 1.00 bits per heavy atom. The Kier molecular flexibility index (Phi) is 3.78. The highest BCUT2D eigenvalue weighted by Crippen LogP contribution is 2.12. The first-order valence-electron chi connectivity index (χ1n) is 5.77. The number of rotatable bonds is 4. The Labute approximate surface area is 102 Å². The lowest BCUT2D eigenvalue weighted by Gasteiger charge is -2.08. The lowest BCUT2D eigenvalue weighted by molar-refractivity contribution is 0.282. The van der Waals surface area contributed by atoms with Crippen molar-refractivity contribution < 1.29 is 5.11 Å². The molecule has 0 amide bonds. The summed E-state index contributed by atoms with van der Waals surface area (Å²) in [5, 5.41) is 12.4. The fourth-order valence-electron chi connectivity index (χ4n) is 1.69. The topological polar surface area (TPSA) is 32.3 Å². The third-order valence-corrected chi connectivity index (χ3v) is 2.73. The molecule has 0 aromatic heterocycles. The molecule has 0 bridgehead atoms. The van der Waals surface area contributed by atoms with E-state index in [0.29, 0.717) is 0 Å². The maximum atomic E-state index is 9.05. The molecule has 88 valence electrons. The van der Waals surface area contributed by atoms with Crippen LogP contribution in [0.3, 0.4) is 0 Å². The molecule has 17 heavy (non-hydrogen) atoms. The van der Waals surface area contributed by atoms with Crippen LogP contribution >= 0.6 is 0 Å². The van der Waals surface area contributed by atoms with Gasteiger partial charge in [0.15, 0.2) is 0 Å². The van der Waals surface area contributed by atoms with E-state index in [1.54, 1.807) is 0 Å². The summed E-state index contributed by atoms with van der Waals surface area (Å²) in [4.78, 5) is 0. The van der Waals surface area contributed by atoms with Crippen LogP contribution in [0.1, 0.15) is 16.7 Å². The van der Waals surface area contributed by atoms with Crippen molar-refractivity contribution >= 4 is 5.69 Å². The van der Waals surface area contributed by atoms with Crippen LogP contribution in [0.4, 0.5) is 5.69 Å². The summed E-state index contributed by atoms with van der Waals surface area (Å²) in [7, 11) is 0. The summed E-state index contributed by atoms with van der Waals surface area (Å²) < 4.78 is 0. The third-order valence-electron chi connectivity index (χ3n) is 2.73. The van der Waals surface area contributed by atoms with Gasteiger partial charge in [0.25, 0.3) is 0 Å². The van der Waals surface area contributed by atoms with Crippen molar-refractivity contribution in [2.24, 2.45) is 0 Å². The SMILES string of the molecule is Cc1ccc(CNc2cccc(CO)c2)cc1. The van der Waals surface area contributed by atoms with Crippen LogP contribution in [-0.4, -0.2) is 5.11 Å². The molecule has 2 aromatic rings. The predicted octanol–water partition coefficient (Wildman–Crippen LogP) is 3.10. The van der Waals surface area contributed by atoms with Gasteiger partial charge in [-0.3, -0.25) is 0 Å². The van der Waals surface area contributed by atoms with Gasteiger partial charge in [-0.25, -0.2) is 0 Å². The zero-order chi connectivity index (χ0) is 12.1. The van der Waals surface area contributed by atoms with E-state index in [1.165, 1.54) is 11.1 Å². The summed E-state index contributed by atoms with van der Waals surface area (Å²) >= 11 is 0. The molecule has 2 N–H and O–H groups in total. The van der Waals surface area contributed by atoms with Gasteiger partial charge in [-0.05, 0) is 30.2 Å². The standard InChI is InChI=1S/C15H17NO/c1-12-5-7-13(8-6-12)10-16-15-4-2-3-14(9-15)11-17/h2-9,16-17H,10-11H2,1H3. The van der Waals surface area contributed by atoms with Gasteiger partial charge in [-0.1, -0.05) is 42.0 Å². The molecule has 0 aliphatic carbocycles. The van der Waals surface area contributed by atoms with Crippen LogP contribution in [-0.2, 0) is 13.2 Å². The van der Waals surface area contributed by atoms with Gasteiger partial charge in [-0.2, -0.15) is 0 Å². The molecular weight excluding hydrogens is 210 g/mol. The van der Waals surface area contributed by atoms with E-state index >= 15 is 0 Å². The molecule has 0 spiro atoms. The molecular formula is C15H17NO. The van der Waals surface area contributed by atoms with Gasteiger partial charge < -0.3 is 10.4 Å². The van der Waals surface area contributed by atoms with Gasteiger partial charge in [0.05, 0.1) is 6.61 Å². The first kappa shape index (κ1) is 11.7. The Morgan fingerprint density at radius 2 is 1.76 bits per heavy atom.